The molecule has 246 valence electrons. The molecule has 2 aromatic rings. The molecular formula is C34H43ClN6O5. The van der Waals surface area contributed by atoms with Gasteiger partial charge < -0.3 is 15.0 Å². The highest BCUT2D eigenvalue weighted by molar-refractivity contribution is 6.31. The molecule has 0 radical (unpaired) electrons. The zero-order valence-electron chi connectivity index (χ0n) is 26.8. The van der Waals surface area contributed by atoms with Crippen LogP contribution in [-0.4, -0.2) is 62.3 Å². The average molecular weight is 651 g/mol. The molecule has 3 fully saturated rings. The second-order valence-corrected chi connectivity index (χ2v) is 14.0. The van der Waals surface area contributed by atoms with E-state index in [9.17, 15) is 14.4 Å². The maximum atomic E-state index is 13.3. The van der Waals surface area contributed by atoms with Gasteiger partial charge in [0.05, 0.1) is 16.6 Å². The summed E-state index contributed by atoms with van der Waals surface area (Å²) in [5.74, 6) is 0.409. The molecule has 2 saturated heterocycles. The summed E-state index contributed by atoms with van der Waals surface area (Å²) in [4.78, 5) is 44.2. The molecule has 0 bridgehead atoms. The number of hydroxylamine groups is 1. The van der Waals surface area contributed by atoms with Gasteiger partial charge in [0, 0.05) is 60.2 Å². The number of amides is 3. The lowest BCUT2D eigenvalue weighted by molar-refractivity contribution is -0.164. The summed E-state index contributed by atoms with van der Waals surface area (Å²) in [7, 11) is 0. The van der Waals surface area contributed by atoms with E-state index in [0.29, 0.717) is 47.2 Å². The van der Waals surface area contributed by atoms with E-state index in [0.717, 1.165) is 31.6 Å². The number of hydrogen-bond acceptors (Lipinski definition) is 9. The monoisotopic (exact) mass is 650 g/mol. The Balaban J connectivity index is 1.05. The van der Waals surface area contributed by atoms with Gasteiger partial charge in [-0.25, -0.2) is 5.48 Å². The van der Waals surface area contributed by atoms with Crippen LogP contribution in [0.3, 0.4) is 0 Å². The van der Waals surface area contributed by atoms with Gasteiger partial charge in [0.15, 0.2) is 0 Å². The van der Waals surface area contributed by atoms with Crippen molar-refractivity contribution < 1.29 is 24.0 Å². The van der Waals surface area contributed by atoms with Gasteiger partial charge in [-0.1, -0.05) is 39.3 Å². The van der Waals surface area contributed by atoms with Crippen LogP contribution in [0.1, 0.15) is 69.3 Å². The zero-order valence-corrected chi connectivity index (χ0v) is 27.6. The van der Waals surface area contributed by atoms with E-state index in [1.165, 1.54) is 0 Å². The molecular weight excluding hydrogens is 608 g/mol. The number of carbonyl (C=O) groups is 3. The molecule has 5 rings (SSSR count). The van der Waals surface area contributed by atoms with E-state index in [2.05, 4.69) is 60.1 Å². The van der Waals surface area contributed by atoms with Crippen LogP contribution >= 0.6 is 11.6 Å². The third-order valence-electron chi connectivity index (χ3n) is 9.65. The minimum absolute atomic E-state index is 0.115. The topological polar surface area (TPSA) is 145 Å². The molecule has 2 aromatic carbocycles. The summed E-state index contributed by atoms with van der Waals surface area (Å²) in [6, 6.07) is 14.4. The van der Waals surface area contributed by atoms with Gasteiger partial charge in [-0.3, -0.25) is 29.9 Å². The van der Waals surface area contributed by atoms with Crippen LogP contribution in [0.4, 0.5) is 5.69 Å². The Morgan fingerprint density at radius 2 is 1.76 bits per heavy atom. The molecule has 2 heterocycles. The predicted molar refractivity (Wildman–Crippen MR) is 174 cm³/mol. The van der Waals surface area contributed by atoms with Crippen LogP contribution in [0.2, 0.25) is 5.02 Å². The number of hydrogen-bond donors (Lipinski definition) is 4. The fraction of sp³-hybridized carbons (Fsp3) is 0.529. The quantitative estimate of drug-likeness (QED) is 0.123. The molecule has 1 atom stereocenters. The highest BCUT2D eigenvalue weighted by Crippen LogP contribution is 2.55. The summed E-state index contributed by atoms with van der Waals surface area (Å²) in [5, 5.41) is 18.1. The normalized spacial score (nSPS) is 24.0. The molecule has 0 spiro atoms. The fourth-order valence-corrected chi connectivity index (χ4v) is 7.50. The number of carbonyl (C=O) groups excluding carboxylic acids is 3. The number of benzene rings is 2. The fourth-order valence-electron chi connectivity index (χ4n) is 7.29. The zero-order chi connectivity index (χ0) is 33.1. The molecule has 1 aliphatic carbocycles. The molecule has 2 aliphatic heterocycles. The summed E-state index contributed by atoms with van der Waals surface area (Å²) in [5.41, 5.74) is 4.43. The van der Waals surface area contributed by atoms with E-state index in [1.807, 2.05) is 24.3 Å². The average Bonchev–Trinajstić information content (AvgIpc) is 3.03. The first kappa shape index (κ1) is 33.7. The first-order valence-electron chi connectivity index (χ1n) is 15.8. The first-order chi connectivity index (χ1) is 21.9. The summed E-state index contributed by atoms with van der Waals surface area (Å²) in [6.07, 6.45) is 2.64. The number of piperidine rings is 2. The molecule has 4 N–H and O–H groups in total. The van der Waals surface area contributed by atoms with Gasteiger partial charge in [-0.2, -0.15) is 5.26 Å². The Morgan fingerprint density at radius 1 is 1.07 bits per heavy atom. The Labute approximate surface area is 275 Å². The second kappa shape index (κ2) is 14.0. The van der Waals surface area contributed by atoms with Crippen LogP contribution in [0.5, 0.6) is 5.75 Å². The number of ether oxygens (including phenoxy) is 1. The van der Waals surface area contributed by atoms with Crippen molar-refractivity contribution in [2.24, 2.45) is 16.7 Å². The van der Waals surface area contributed by atoms with E-state index >= 15 is 0 Å². The minimum Gasteiger partial charge on any atom is -0.489 e. The largest absolute Gasteiger partial charge is 0.489 e. The van der Waals surface area contributed by atoms with E-state index < -0.39 is 6.04 Å². The molecule has 46 heavy (non-hydrogen) atoms. The Morgan fingerprint density at radius 3 is 2.39 bits per heavy atom. The lowest BCUT2D eigenvalue weighted by atomic mass is 9.49. The number of nitrogens with zero attached hydrogens (tertiary/aromatic N) is 2. The van der Waals surface area contributed by atoms with Gasteiger partial charge in [0.2, 0.25) is 11.8 Å². The van der Waals surface area contributed by atoms with E-state index in [1.54, 1.807) is 18.2 Å². The van der Waals surface area contributed by atoms with Gasteiger partial charge >= 0.3 is 0 Å². The van der Waals surface area contributed by atoms with Crippen LogP contribution < -0.4 is 31.1 Å². The van der Waals surface area contributed by atoms with Crippen LogP contribution in [0, 0.1) is 28.1 Å². The lowest BCUT2D eigenvalue weighted by Crippen LogP contribution is -2.74. The van der Waals surface area contributed by atoms with Crippen molar-refractivity contribution in [3.8, 4) is 11.8 Å². The van der Waals surface area contributed by atoms with Crippen molar-refractivity contribution in [3.63, 3.8) is 0 Å². The van der Waals surface area contributed by atoms with Crippen molar-refractivity contribution in [2.45, 2.75) is 71.6 Å². The van der Waals surface area contributed by atoms with Gasteiger partial charge in [-0.05, 0) is 61.6 Å². The van der Waals surface area contributed by atoms with Crippen LogP contribution in [0.15, 0.2) is 42.5 Å². The Kier molecular flexibility index (Phi) is 10.2. The standard InChI is InChI=1S/C34H43ClN6O5/c1-33(2)31(34(3,4)32(33)46-25-10-7-23(18-36)26(35)17-25)40-29(43)22-5-8-24(9-6-22)41-15-13-21(14-16-41)19-38-45-20-37-27-11-12-28(42)39-30(27)44/h5-10,17,21,27,31-32,37-38H,11-16,19-20H2,1-4H3,(H,40,43)(H,39,42,44)/t27?,31-,32-. The van der Waals surface area contributed by atoms with Crippen LogP contribution in [-0.2, 0) is 14.4 Å². The van der Waals surface area contributed by atoms with Gasteiger partial charge in [0.25, 0.3) is 5.91 Å². The highest BCUT2D eigenvalue weighted by atomic mass is 35.5. The maximum absolute atomic E-state index is 13.3. The molecule has 11 nitrogen and oxygen atoms in total. The van der Waals surface area contributed by atoms with Crippen molar-refractivity contribution >= 4 is 35.0 Å². The first-order valence-corrected chi connectivity index (χ1v) is 16.2. The van der Waals surface area contributed by atoms with Crippen molar-refractivity contribution in [3.05, 3.63) is 58.6 Å². The summed E-state index contributed by atoms with van der Waals surface area (Å²) in [6.45, 7) is 11.1. The number of imide groups is 1. The number of anilines is 1. The third-order valence-corrected chi connectivity index (χ3v) is 9.97. The SMILES string of the molecule is CC1(C)[C@H](NC(=O)c2ccc(N3CCC(CNOCNC4CCC(=O)NC4=O)CC3)cc2)C(C)(C)[C@H]1Oc1ccc(C#N)c(Cl)c1. The summed E-state index contributed by atoms with van der Waals surface area (Å²) < 4.78 is 6.34. The van der Waals surface area contributed by atoms with Gasteiger partial charge in [0.1, 0.15) is 24.7 Å². The molecule has 1 saturated carbocycles. The second-order valence-electron chi connectivity index (χ2n) is 13.6. The van der Waals surface area contributed by atoms with E-state index in [-0.39, 0.29) is 47.4 Å². The number of nitrogens with one attached hydrogen (secondary N) is 4. The predicted octanol–water partition coefficient (Wildman–Crippen LogP) is 3.91. The number of halogens is 1. The maximum Gasteiger partial charge on any atom is 0.251 e. The van der Waals surface area contributed by atoms with Crippen molar-refractivity contribution in [2.75, 3.05) is 31.3 Å². The lowest BCUT2D eigenvalue weighted by Gasteiger charge is -2.63. The Hall–Kier alpha value is -3.69. The van der Waals surface area contributed by atoms with Crippen LogP contribution in [0.25, 0.3) is 0 Å². The highest BCUT2D eigenvalue weighted by Gasteiger charge is 2.64. The molecule has 12 heteroatoms. The van der Waals surface area contributed by atoms with Crippen molar-refractivity contribution in [1.29, 1.82) is 5.26 Å². The van der Waals surface area contributed by atoms with Gasteiger partial charge in [-0.15, -0.1) is 0 Å². The number of rotatable bonds is 11. The third kappa shape index (κ3) is 7.31. The molecule has 0 aromatic heterocycles. The minimum atomic E-state index is -0.411. The molecule has 3 amide bonds. The number of nitriles is 1. The smallest absolute Gasteiger partial charge is 0.251 e. The van der Waals surface area contributed by atoms with E-state index in [4.69, 9.17) is 26.4 Å². The Bertz CT molecular complexity index is 1470. The van der Waals surface area contributed by atoms with Crippen molar-refractivity contribution in [1.82, 2.24) is 21.4 Å². The molecule has 3 aliphatic rings. The molecule has 1 unspecified atom stereocenters. The summed E-state index contributed by atoms with van der Waals surface area (Å²) >= 11 is 6.22.